The molecule has 1 atom stereocenters. The predicted octanol–water partition coefficient (Wildman–Crippen LogP) is 4.24. The van der Waals surface area contributed by atoms with Crippen molar-refractivity contribution in [3.8, 4) is 0 Å². The maximum Gasteiger partial charge on any atom is 0.340 e. The van der Waals surface area contributed by atoms with Crippen molar-refractivity contribution < 1.29 is 23.0 Å². The molecule has 0 spiro atoms. The Labute approximate surface area is 168 Å². The number of hydrogen-bond acceptors (Lipinski definition) is 4. The van der Waals surface area contributed by atoms with Gasteiger partial charge in [-0.05, 0) is 36.2 Å². The lowest BCUT2D eigenvalue weighted by Gasteiger charge is -2.27. The molecule has 1 aliphatic rings. The average molecular weight is 451 g/mol. The second-order valence-corrected chi connectivity index (χ2v) is 7.53. The molecule has 2 aromatic carbocycles. The number of carbonyl (C=O) groups is 1. The molecule has 0 aliphatic carbocycles. The first-order chi connectivity index (χ1) is 13.5. The first-order valence-corrected chi connectivity index (χ1v) is 9.58. The summed E-state index contributed by atoms with van der Waals surface area (Å²) in [4.78, 5) is 16.4. The van der Waals surface area contributed by atoms with Crippen molar-refractivity contribution in [1.82, 2.24) is 9.55 Å². The van der Waals surface area contributed by atoms with Crippen molar-refractivity contribution in [1.29, 1.82) is 0 Å². The van der Waals surface area contributed by atoms with Crippen LogP contribution in [0.3, 0.4) is 0 Å². The van der Waals surface area contributed by atoms with Crippen LogP contribution in [0, 0.1) is 11.6 Å². The van der Waals surface area contributed by atoms with E-state index in [9.17, 15) is 9.18 Å². The molecular formula is C20H17BrF2N2O3. The van der Waals surface area contributed by atoms with Gasteiger partial charge in [0.2, 0.25) is 0 Å². The highest BCUT2D eigenvalue weighted by molar-refractivity contribution is 9.10. The fourth-order valence-electron chi connectivity index (χ4n) is 3.30. The second-order valence-electron chi connectivity index (χ2n) is 6.62. The largest absolute Gasteiger partial charge is 0.465 e. The molecule has 1 aromatic heterocycles. The van der Waals surface area contributed by atoms with E-state index < -0.39 is 11.8 Å². The van der Waals surface area contributed by atoms with Gasteiger partial charge in [-0.1, -0.05) is 22.0 Å². The van der Waals surface area contributed by atoms with Crippen LogP contribution in [0.15, 0.2) is 34.8 Å². The molecule has 0 bridgehead atoms. The van der Waals surface area contributed by atoms with E-state index >= 15 is 4.39 Å². The Morgan fingerprint density at radius 2 is 2.14 bits per heavy atom. The first-order valence-electron chi connectivity index (χ1n) is 8.79. The smallest absolute Gasteiger partial charge is 0.340 e. The number of halogens is 3. The third kappa shape index (κ3) is 3.42. The highest BCUT2D eigenvalue weighted by Crippen LogP contribution is 2.27. The molecule has 0 N–H and O–H groups in total. The summed E-state index contributed by atoms with van der Waals surface area (Å²) in [6.07, 6.45) is 0.976. The van der Waals surface area contributed by atoms with Gasteiger partial charge < -0.3 is 14.0 Å². The minimum Gasteiger partial charge on any atom is -0.465 e. The molecular weight excluding hydrogens is 434 g/mol. The molecule has 28 heavy (non-hydrogen) atoms. The first kappa shape index (κ1) is 19.0. The van der Waals surface area contributed by atoms with Crippen molar-refractivity contribution in [2.75, 3.05) is 13.7 Å². The lowest BCUT2D eigenvalue weighted by atomic mass is 10.1. The Morgan fingerprint density at radius 3 is 2.79 bits per heavy atom. The van der Waals surface area contributed by atoms with Crippen molar-refractivity contribution in [3.63, 3.8) is 0 Å². The van der Waals surface area contributed by atoms with Gasteiger partial charge in [0.25, 0.3) is 0 Å². The third-order valence-electron chi connectivity index (χ3n) is 4.87. The molecule has 146 valence electrons. The summed E-state index contributed by atoms with van der Waals surface area (Å²) < 4.78 is 41.9. The molecule has 3 aromatic rings. The molecule has 0 saturated carbocycles. The van der Waals surface area contributed by atoms with E-state index in [2.05, 4.69) is 25.7 Å². The summed E-state index contributed by atoms with van der Waals surface area (Å²) in [6.45, 7) is 1.04. The number of imidazole rings is 1. The lowest BCUT2D eigenvalue weighted by Crippen LogP contribution is -2.32. The number of carbonyl (C=O) groups excluding carboxylic acids is 1. The van der Waals surface area contributed by atoms with Gasteiger partial charge in [-0.25, -0.2) is 18.6 Å². The van der Waals surface area contributed by atoms with Crippen molar-refractivity contribution in [2.24, 2.45) is 0 Å². The van der Waals surface area contributed by atoms with Crippen molar-refractivity contribution in [2.45, 2.75) is 25.5 Å². The van der Waals surface area contributed by atoms with Crippen LogP contribution >= 0.6 is 15.9 Å². The maximum absolute atomic E-state index is 15.1. The van der Waals surface area contributed by atoms with Gasteiger partial charge in [0.1, 0.15) is 17.2 Å². The quantitative estimate of drug-likeness (QED) is 0.545. The molecule has 5 nitrogen and oxygen atoms in total. The van der Waals surface area contributed by atoms with E-state index in [4.69, 9.17) is 4.74 Å². The van der Waals surface area contributed by atoms with Crippen molar-refractivity contribution >= 4 is 32.9 Å². The van der Waals surface area contributed by atoms with Crippen LogP contribution in [0.4, 0.5) is 8.78 Å². The van der Waals surface area contributed by atoms with E-state index in [1.165, 1.54) is 19.2 Å². The number of rotatable bonds is 5. The van der Waals surface area contributed by atoms with Crippen LogP contribution in [0.2, 0.25) is 0 Å². The third-order valence-corrected chi connectivity index (χ3v) is 5.37. The summed E-state index contributed by atoms with van der Waals surface area (Å²) in [5.41, 5.74) is 0.887. The monoisotopic (exact) mass is 450 g/mol. The maximum atomic E-state index is 15.1. The SMILES string of the molecule is COC(=O)c1ccc2nc(Cc3ccc(Br)cc3F)n(C[C@@H]3CCO3)c2c1F. The number of nitrogens with zero attached hydrogens (tertiary/aromatic N) is 2. The highest BCUT2D eigenvalue weighted by atomic mass is 79.9. The summed E-state index contributed by atoms with van der Waals surface area (Å²) in [7, 11) is 1.20. The number of fused-ring (bicyclic) bond motifs is 1. The highest BCUT2D eigenvalue weighted by Gasteiger charge is 2.26. The van der Waals surface area contributed by atoms with E-state index in [1.54, 1.807) is 22.8 Å². The molecule has 4 rings (SSSR count). The average Bonchev–Trinajstić information content (AvgIpc) is 2.98. The Hall–Kier alpha value is -2.32. The number of ether oxygens (including phenoxy) is 2. The van der Waals surface area contributed by atoms with Gasteiger partial charge in [0, 0.05) is 17.5 Å². The topological polar surface area (TPSA) is 53.3 Å². The van der Waals surface area contributed by atoms with Gasteiger partial charge in [-0.15, -0.1) is 0 Å². The summed E-state index contributed by atoms with van der Waals surface area (Å²) in [6, 6.07) is 7.72. The zero-order chi connectivity index (χ0) is 19.8. The molecule has 2 heterocycles. The Kier molecular flexibility index (Phi) is 5.16. The lowest BCUT2D eigenvalue weighted by molar-refractivity contribution is -0.0590. The normalized spacial score (nSPS) is 16.2. The Balaban J connectivity index is 1.83. The summed E-state index contributed by atoms with van der Waals surface area (Å²) >= 11 is 3.24. The number of esters is 1. The summed E-state index contributed by atoms with van der Waals surface area (Å²) in [5, 5.41) is 0. The fraction of sp³-hybridized carbons (Fsp3) is 0.300. The molecule has 0 radical (unpaired) electrons. The molecule has 8 heteroatoms. The van der Waals surface area contributed by atoms with Gasteiger partial charge in [0.05, 0.1) is 30.8 Å². The zero-order valence-corrected chi connectivity index (χ0v) is 16.6. The minimum absolute atomic E-state index is 0.0629. The molecule has 1 aliphatic heterocycles. The minimum atomic E-state index is -0.757. The van der Waals surface area contributed by atoms with Crippen LogP contribution in [-0.2, 0) is 22.4 Å². The van der Waals surface area contributed by atoms with Crippen LogP contribution in [0.25, 0.3) is 11.0 Å². The van der Waals surface area contributed by atoms with Gasteiger partial charge in [0.15, 0.2) is 5.82 Å². The number of benzene rings is 2. The Bertz CT molecular complexity index is 1060. The standard InChI is InChI=1S/C20H17BrF2N2O3/c1-27-20(26)14-4-5-16-19(18(14)23)25(10-13-6-7-28-13)17(24-16)8-11-2-3-12(21)9-15(11)22/h2-5,9,13H,6-8,10H2,1H3/t13-/m0/s1. The van der Waals surface area contributed by atoms with E-state index in [-0.39, 0.29) is 29.4 Å². The molecule has 1 fully saturated rings. The van der Waals surface area contributed by atoms with E-state index in [0.717, 1.165) is 6.42 Å². The number of aromatic nitrogens is 2. The fourth-order valence-corrected chi connectivity index (χ4v) is 3.63. The van der Waals surface area contributed by atoms with E-state index in [1.807, 2.05) is 0 Å². The Morgan fingerprint density at radius 1 is 1.36 bits per heavy atom. The van der Waals surface area contributed by atoms with Gasteiger partial charge >= 0.3 is 5.97 Å². The van der Waals surface area contributed by atoms with Crippen LogP contribution in [0.5, 0.6) is 0 Å². The van der Waals surface area contributed by atoms with Gasteiger partial charge in [-0.3, -0.25) is 0 Å². The van der Waals surface area contributed by atoms with Crippen LogP contribution in [-0.4, -0.2) is 35.3 Å². The van der Waals surface area contributed by atoms with Crippen LogP contribution in [0.1, 0.15) is 28.2 Å². The van der Waals surface area contributed by atoms with E-state index in [0.29, 0.717) is 34.5 Å². The summed E-state index contributed by atoms with van der Waals surface area (Å²) in [5.74, 6) is -1.32. The van der Waals surface area contributed by atoms with Crippen molar-refractivity contribution in [3.05, 3.63) is 63.4 Å². The molecule has 0 unspecified atom stereocenters. The molecule has 1 saturated heterocycles. The predicted molar refractivity (Wildman–Crippen MR) is 102 cm³/mol. The van der Waals surface area contributed by atoms with Gasteiger partial charge in [-0.2, -0.15) is 0 Å². The molecule has 0 amide bonds. The van der Waals surface area contributed by atoms with Crippen LogP contribution < -0.4 is 0 Å². The zero-order valence-electron chi connectivity index (χ0n) is 15.0. The number of methoxy groups -OCH3 is 1. The number of hydrogen-bond donors (Lipinski definition) is 0. The second kappa shape index (κ2) is 7.60.